The zero-order valence-electron chi connectivity index (χ0n) is 1.60. The third kappa shape index (κ3) is 9.21. The summed E-state index contributed by atoms with van der Waals surface area (Å²) in [5.74, 6) is 0. The fourth-order valence-electron chi connectivity index (χ4n) is 0. The molecule has 0 nitrogen and oxygen atoms in total. The van der Waals surface area contributed by atoms with Gasteiger partial charge in [-0.15, -0.1) is 0 Å². The van der Waals surface area contributed by atoms with Gasteiger partial charge in [0.15, 0.2) is 0 Å². The molecule has 0 unspecified atom stereocenters. The summed E-state index contributed by atoms with van der Waals surface area (Å²) >= 11 is -0.363. The van der Waals surface area contributed by atoms with Crippen molar-refractivity contribution in [2.75, 3.05) is 0 Å². The van der Waals surface area contributed by atoms with Crippen LogP contribution in [0, 0.1) is 0 Å². The second-order valence-corrected chi connectivity index (χ2v) is 3.62. The van der Waals surface area contributed by atoms with Crippen LogP contribution in [0.25, 0.3) is 0 Å². The summed E-state index contributed by atoms with van der Waals surface area (Å²) in [6, 6.07) is 0. The molecule has 0 aliphatic heterocycles. The van der Waals surface area contributed by atoms with Crippen LogP contribution in [-0.4, -0.2) is 0 Å². The first-order valence-corrected chi connectivity index (χ1v) is 5.92. The van der Waals surface area contributed by atoms with E-state index >= 15 is 0 Å². The van der Waals surface area contributed by atoms with E-state index in [9.17, 15) is 0 Å². The summed E-state index contributed by atoms with van der Waals surface area (Å²) in [6.07, 6.45) is 0. The van der Waals surface area contributed by atoms with Crippen molar-refractivity contribution >= 4 is 19.6 Å². The van der Waals surface area contributed by atoms with Crippen molar-refractivity contribution in [2.45, 2.75) is 0 Å². The van der Waals surface area contributed by atoms with Crippen molar-refractivity contribution < 1.29 is 35.3 Å². The molecule has 4 heteroatoms. The molecule has 0 atom stereocenters. The van der Waals surface area contributed by atoms with Crippen LogP contribution in [0.4, 0.5) is 0 Å². The van der Waals surface area contributed by atoms with Crippen LogP contribution in [0.3, 0.4) is 0 Å². The van der Waals surface area contributed by atoms with Gasteiger partial charge in [0.2, 0.25) is 0 Å². The predicted octanol–water partition coefficient (Wildman–Crippen LogP) is 1.29. The Labute approximate surface area is 54.4 Å². The zero-order valence-corrected chi connectivity index (χ0v) is 7.96. The minimum absolute atomic E-state index is 0. The number of rotatable bonds is 0. The summed E-state index contributed by atoms with van der Waals surface area (Å²) in [6.45, 7) is 0. The van der Waals surface area contributed by atoms with Gasteiger partial charge < -0.3 is 0 Å². The van der Waals surface area contributed by atoms with Crippen LogP contribution in [-0.2, 0) is 35.3 Å². The topological polar surface area (TPSA) is 0 Å². The molecule has 0 aromatic heterocycles. The van der Waals surface area contributed by atoms with E-state index in [-0.39, 0.29) is 35.3 Å². The van der Waals surface area contributed by atoms with Gasteiger partial charge in [-0.1, -0.05) is 0 Å². The van der Waals surface area contributed by atoms with E-state index in [4.69, 9.17) is 0 Å². The van der Waals surface area contributed by atoms with Crippen molar-refractivity contribution in [3.63, 3.8) is 0 Å². The normalized spacial score (nSPS) is 3.00. The standard InChI is InChI=1S/Mo.Re.2S. The fourth-order valence-corrected chi connectivity index (χ4v) is 0. The molecule has 0 saturated heterocycles. The van der Waals surface area contributed by atoms with Crippen LogP contribution in [0.1, 0.15) is 0 Å². The summed E-state index contributed by atoms with van der Waals surface area (Å²) in [5, 5.41) is 0. The molecule has 0 aliphatic rings. The van der Waals surface area contributed by atoms with Gasteiger partial charge in [-0.2, -0.15) is 0 Å². The average Bonchev–Trinajstić information content (AvgIpc) is 0.918. The summed E-state index contributed by atoms with van der Waals surface area (Å²) in [4.78, 5) is 0. The summed E-state index contributed by atoms with van der Waals surface area (Å²) < 4.78 is 0. The molecular formula is MoReS2. The van der Waals surface area contributed by atoms with Crippen LogP contribution in [0.15, 0.2) is 0 Å². The Hall–Kier alpha value is 1.79. The van der Waals surface area contributed by atoms with Gasteiger partial charge >= 0.3 is 34.6 Å². The second-order valence-electron chi connectivity index (χ2n) is 0.0680. The fraction of sp³-hybridized carbons (Fsp3) is 0. The third-order valence-corrected chi connectivity index (χ3v) is 0. The Morgan fingerprint density at radius 2 is 1.25 bits per heavy atom. The quantitative estimate of drug-likeness (QED) is 0.607. The van der Waals surface area contributed by atoms with Crippen molar-refractivity contribution in [3.8, 4) is 0 Å². The number of hydrogen-bond acceptors (Lipinski definition) is 2. The molecule has 0 aromatic rings. The van der Waals surface area contributed by atoms with Gasteiger partial charge in [0.1, 0.15) is 0 Å². The molecule has 4 heavy (non-hydrogen) atoms. The van der Waals surface area contributed by atoms with E-state index in [0.29, 0.717) is 0 Å². The van der Waals surface area contributed by atoms with E-state index in [1.54, 1.807) is 0 Å². The average molecular weight is 346 g/mol. The van der Waals surface area contributed by atoms with Gasteiger partial charge in [0.05, 0.1) is 0 Å². The van der Waals surface area contributed by atoms with Gasteiger partial charge in [0.25, 0.3) is 0 Å². The summed E-state index contributed by atoms with van der Waals surface area (Å²) in [7, 11) is 8.68. The number of hydrogen-bond donors (Lipinski definition) is 0. The molecular weight excluding hydrogens is 346 g/mol. The van der Waals surface area contributed by atoms with Gasteiger partial charge in [0, 0.05) is 20.4 Å². The van der Waals surface area contributed by atoms with E-state index in [0.717, 1.165) is 0 Å². The van der Waals surface area contributed by atoms with Crippen LogP contribution >= 0.6 is 19.6 Å². The Morgan fingerprint density at radius 1 is 1.25 bits per heavy atom. The maximum absolute atomic E-state index is 4.34. The maximum atomic E-state index is 4.34. The Balaban J connectivity index is 0. The molecule has 0 rings (SSSR count). The van der Waals surface area contributed by atoms with Crippen LogP contribution in [0.5, 0.6) is 0 Å². The van der Waals surface area contributed by atoms with Crippen molar-refractivity contribution in [1.82, 2.24) is 0 Å². The molecule has 0 amide bonds. The minimum atomic E-state index is -0.363. The molecule has 0 saturated carbocycles. The van der Waals surface area contributed by atoms with Crippen LogP contribution < -0.4 is 0 Å². The van der Waals surface area contributed by atoms with Crippen molar-refractivity contribution in [2.24, 2.45) is 0 Å². The van der Waals surface area contributed by atoms with Gasteiger partial charge in [-0.05, 0) is 0 Å². The van der Waals surface area contributed by atoms with Crippen molar-refractivity contribution in [1.29, 1.82) is 0 Å². The Morgan fingerprint density at radius 3 is 1.25 bits per heavy atom. The first-order valence-electron chi connectivity index (χ1n) is 0.333. The molecule has 1 radical (unpaired) electrons. The molecule has 0 aromatic carbocycles. The first-order chi connectivity index (χ1) is 1.41. The molecule has 0 bridgehead atoms. The van der Waals surface area contributed by atoms with E-state index in [1.807, 2.05) is 0 Å². The molecule has 0 aliphatic carbocycles. The van der Waals surface area contributed by atoms with Gasteiger partial charge in [-0.3, -0.25) is 0 Å². The van der Waals surface area contributed by atoms with Crippen molar-refractivity contribution in [3.05, 3.63) is 0 Å². The second kappa shape index (κ2) is 8.84. The van der Waals surface area contributed by atoms with Gasteiger partial charge in [-0.25, -0.2) is 0 Å². The van der Waals surface area contributed by atoms with E-state index in [1.165, 1.54) is 0 Å². The van der Waals surface area contributed by atoms with Crippen LogP contribution in [0.2, 0.25) is 0 Å². The molecule has 0 spiro atoms. The van der Waals surface area contributed by atoms with E-state index in [2.05, 4.69) is 19.6 Å². The SMILES string of the molecule is [Re].[S]=[Mo]=[S]. The zero-order chi connectivity index (χ0) is 2.71. The molecule has 0 N–H and O–H groups in total. The molecule has 0 fully saturated rings. The monoisotopic (exact) mass is 349 g/mol. The first kappa shape index (κ1) is 9.25. The Bertz CT molecular complexity index is 27.0. The summed E-state index contributed by atoms with van der Waals surface area (Å²) in [5.41, 5.74) is 0. The molecule has 25 valence electrons. The third-order valence-electron chi connectivity index (χ3n) is 0. The van der Waals surface area contributed by atoms with E-state index < -0.39 is 0 Å². The molecule has 0 heterocycles. The Kier molecular flexibility index (Phi) is 20.4. The predicted molar refractivity (Wildman–Crippen MR) is 15.2 cm³/mol.